The molecule has 0 amide bonds. The fraction of sp³-hybridized carbons (Fsp3) is 0.391. The zero-order valence-electron chi connectivity index (χ0n) is 15.9. The van der Waals surface area contributed by atoms with Crippen LogP contribution in [0.5, 0.6) is 0 Å². The minimum absolute atomic E-state index is 0.0734. The summed E-state index contributed by atoms with van der Waals surface area (Å²) in [5.41, 5.74) is 1.66. The number of carbonyl (C=O) groups is 2. The molecule has 0 aliphatic carbocycles. The molecule has 0 radical (unpaired) electrons. The molecule has 0 bridgehead atoms. The number of aldehydes is 1. The quantitative estimate of drug-likeness (QED) is 0.355. The zero-order valence-corrected chi connectivity index (χ0v) is 15.9. The molecule has 1 unspecified atom stereocenters. The van der Waals surface area contributed by atoms with E-state index in [0.717, 1.165) is 11.8 Å². The summed E-state index contributed by atoms with van der Waals surface area (Å²) in [6.45, 7) is 1.32. The predicted molar refractivity (Wildman–Crippen MR) is 105 cm³/mol. The van der Waals surface area contributed by atoms with Crippen molar-refractivity contribution in [1.82, 2.24) is 0 Å². The summed E-state index contributed by atoms with van der Waals surface area (Å²) in [5, 5.41) is 0. The second-order valence-electron chi connectivity index (χ2n) is 6.98. The molecule has 1 fully saturated rings. The maximum Gasteiger partial charge on any atom is 0.338 e. The number of rotatable bonds is 10. The second kappa shape index (κ2) is 10.7. The predicted octanol–water partition coefficient (Wildman–Crippen LogP) is 3.81. The van der Waals surface area contributed by atoms with Crippen molar-refractivity contribution < 1.29 is 23.8 Å². The SMILES string of the molecule is O=CC1C[C@H](COCc2ccccc2)O[C@@H]1CCCOC(=O)c1ccccc1. The first-order valence-corrected chi connectivity index (χ1v) is 9.71. The lowest BCUT2D eigenvalue weighted by Crippen LogP contribution is -2.19. The molecule has 148 valence electrons. The summed E-state index contributed by atoms with van der Waals surface area (Å²) in [6, 6.07) is 18.9. The van der Waals surface area contributed by atoms with E-state index in [4.69, 9.17) is 14.2 Å². The van der Waals surface area contributed by atoms with Gasteiger partial charge >= 0.3 is 5.97 Å². The van der Waals surface area contributed by atoms with Crippen molar-refractivity contribution in [1.29, 1.82) is 0 Å². The van der Waals surface area contributed by atoms with E-state index in [1.165, 1.54) is 0 Å². The molecule has 3 atom stereocenters. The molecule has 1 aliphatic heterocycles. The van der Waals surface area contributed by atoms with Gasteiger partial charge in [0.1, 0.15) is 6.29 Å². The Morgan fingerprint density at radius 1 is 1.07 bits per heavy atom. The first kappa shape index (κ1) is 20.2. The summed E-state index contributed by atoms with van der Waals surface area (Å²) in [4.78, 5) is 23.3. The molecular formula is C23H26O5. The normalized spacial score (nSPS) is 21.4. The Morgan fingerprint density at radius 2 is 1.79 bits per heavy atom. The summed E-state index contributed by atoms with van der Waals surface area (Å²) in [7, 11) is 0. The van der Waals surface area contributed by atoms with Gasteiger partial charge in [-0.05, 0) is 37.0 Å². The van der Waals surface area contributed by atoms with E-state index in [0.29, 0.717) is 44.6 Å². The molecule has 1 aliphatic rings. The number of hydrogen-bond acceptors (Lipinski definition) is 5. The van der Waals surface area contributed by atoms with Crippen LogP contribution in [-0.2, 0) is 25.6 Å². The highest BCUT2D eigenvalue weighted by molar-refractivity contribution is 5.89. The van der Waals surface area contributed by atoms with Crippen LogP contribution in [0, 0.1) is 5.92 Å². The van der Waals surface area contributed by atoms with Crippen LogP contribution in [-0.4, -0.2) is 37.7 Å². The van der Waals surface area contributed by atoms with E-state index in [9.17, 15) is 9.59 Å². The fourth-order valence-corrected chi connectivity index (χ4v) is 3.38. The summed E-state index contributed by atoms with van der Waals surface area (Å²) >= 11 is 0. The van der Waals surface area contributed by atoms with E-state index in [1.807, 2.05) is 36.4 Å². The Bertz CT molecular complexity index is 731. The first-order valence-electron chi connectivity index (χ1n) is 9.71. The molecule has 1 saturated heterocycles. The van der Waals surface area contributed by atoms with Crippen molar-refractivity contribution in [2.75, 3.05) is 13.2 Å². The van der Waals surface area contributed by atoms with Crippen molar-refractivity contribution in [2.24, 2.45) is 5.92 Å². The highest BCUT2D eigenvalue weighted by atomic mass is 16.5. The molecule has 2 aromatic carbocycles. The van der Waals surface area contributed by atoms with Gasteiger partial charge in [-0.25, -0.2) is 4.79 Å². The zero-order chi connectivity index (χ0) is 19.6. The number of carbonyl (C=O) groups excluding carboxylic acids is 2. The van der Waals surface area contributed by atoms with Gasteiger partial charge in [-0.15, -0.1) is 0 Å². The highest BCUT2D eigenvalue weighted by Crippen LogP contribution is 2.28. The molecule has 3 rings (SSSR count). The van der Waals surface area contributed by atoms with Crippen LogP contribution in [0.3, 0.4) is 0 Å². The molecular weight excluding hydrogens is 356 g/mol. The average Bonchev–Trinajstić information content (AvgIpc) is 3.14. The monoisotopic (exact) mass is 382 g/mol. The molecule has 0 spiro atoms. The van der Waals surface area contributed by atoms with Gasteiger partial charge in [-0.1, -0.05) is 48.5 Å². The van der Waals surface area contributed by atoms with Crippen LogP contribution in [0.4, 0.5) is 0 Å². The van der Waals surface area contributed by atoms with Gasteiger partial charge < -0.3 is 19.0 Å². The van der Waals surface area contributed by atoms with E-state index in [2.05, 4.69) is 0 Å². The van der Waals surface area contributed by atoms with Crippen molar-refractivity contribution in [3.63, 3.8) is 0 Å². The highest BCUT2D eigenvalue weighted by Gasteiger charge is 2.34. The number of esters is 1. The molecule has 0 saturated carbocycles. The van der Waals surface area contributed by atoms with Gasteiger partial charge in [-0.2, -0.15) is 0 Å². The van der Waals surface area contributed by atoms with Gasteiger partial charge in [0.15, 0.2) is 0 Å². The third kappa shape index (κ3) is 6.01. The molecule has 2 aromatic rings. The van der Waals surface area contributed by atoms with Gasteiger partial charge in [0.2, 0.25) is 0 Å². The smallest absolute Gasteiger partial charge is 0.338 e. The number of ether oxygens (including phenoxy) is 3. The van der Waals surface area contributed by atoms with Crippen LogP contribution < -0.4 is 0 Å². The molecule has 5 nitrogen and oxygen atoms in total. The summed E-state index contributed by atoms with van der Waals surface area (Å²) < 4.78 is 17.0. The lowest BCUT2D eigenvalue weighted by atomic mass is 9.98. The molecule has 1 heterocycles. The minimum Gasteiger partial charge on any atom is -0.462 e. The fourth-order valence-electron chi connectivity index (χ4n) is 3.38. The lowest BCUT2D eigenvalue weighted by molar-refractivity contribution is -0.113. The summed E-state index contributed by atoms with van der Waals surface area (Å²) in [6.07, 6.45) is 2.77. The molecule has 5 heteroatoms. The Labute approximate surface area is 165 Å². The van der Waals surface area contributed by atoms with Gasteiger partial charge in [-0.3, -0.25) is 0 Å². The Balaban J connectivity index is 1.35. The van der Waals surface area contributed by atoms with Crippen LogP contribution in [0.2, 0.25) is 0 Å². The Morgan fingerprint density at radius 3 is 2.50 bits per heavy atom. The van der Waals surface area contributed by atoms with E-state index in [1.54, 1.807) is 24.3 Å². The third-order valence-electron chi connectivity index (χ3n) is 4.85. The number of hydrogen-bond donors (Lipinski definition) is 0. The molecule has 0 aromatic heterocycles. The molecule has 28 heavy (non-hydrogen) atoms. The minimum atomic E-state index is -0.327. The van der Waals surface area contributed by atoms with E-state index in [-0.39, 0.29) is 24.1 Å². The van der Waals surface area contributed by atoms with Crippen LogP contribution in [0.1, 0.15) is 35.2 Å². The summed E-state index contributed by atoms with van der Waals surface area (Å²) in [5.74, 6) is -0.456. The number of benzene rings is 2. The standard InChI is InChI=1S/C23H26O5/c24-15-20-14-21(17-26-16-18-8-3-1-4-9-18)28-22(20)12-7-13-27-23(25)19-10-5-2-6-11-19/h1-6,8-11,15,20-22H,7,12-14,16-17H2/t20?,21-,22-/m1/s1. The van der Waals surface area contributed by atoms with Crippen LogP contribution in [0.15, 0.2) is 60.7 Å². The van der Waals surface area contributed by atoms with Gasteiger partial charge in [0, 0.05) is 5.92 Å². The molecule has 0 N–H and O–H groups in total. The van der Waals surface area contributed by atoms with Crippen molar-refractivity contribution in [3.05, 3.63) is 71.8 Å². The topological polar surface area (TPSA) is 61.8 Å². The van der Waals surface area contributed by atoms with Crippen molar-refractivity contribution in [3.8, 4) is 0 Å². The first-order chi connectivity index (χ1) is 13.8. The maximum absolute atomic E-state index is 11.9. The Kier molecular flexibility index (Phi) is 7.76. The van der Waals surface area contributed by atoms with E-state index < -0.39 is 0 Å². The lowest BCUT2D eigenvalue weighted by Gasteiger charge is -2.15. The largest absolute Gasteiger partial charge is 0.462 e. The van der Waals surface area contributed by atoms with Crippen molar-refractivity contribution in [2.45, 2.75) is 38.1 Å². The van der Waals surface area contributed by atoms with E-state index >= 15 is 0 Å². The maximum atomic E-state index is 11.9. The van der Waals surface area contributed by atoms with Crippen molar-refractivity contribution >= 4 is 12.3 Å². The van der Waals surface area contributed by atoms with Gasteiger partial charge in [0.25, 0.3) is 0 Å². The Hall–Kier alpha value is -2.50. The van der Waals surface area contributed by atoms with Gasteiger partial charge in [0.05, 0.1) is 37.6 Å². The van der Waals surface area contributed by atoms with Crippen LogP contribution in [0.25, 0.3) is 0 Å². The second-order valence-corrected chi connectivity index (χ2v) is 6.98. The third-order valence-corrected chi connectivity index (χ3v) is 4.85. The average molecular weight is 382 g/mol. The van der Waals surface area contributed by atoms with Crippen LogP contribution >= 0.6 is 0 Å².